The summed E-state index contributed by atoms with van der Waals surface area (Å²) in [7, 11) is 1.59. The third kappa shape index (κ3) is 3.25. The van der Waals surface area contributed by atoms with Crippen molar-refractivity contribution in [3.05, 3.63) is 66.1 Å². The Labute approximate surface area is 183 Å². The monoisotopic (exact) mass is 431 g/mol. The fourth-order valence-electron chi connectivity index (χ4n) is 3.86. The fraction of sp³-hybridized carbons (Fsp3) is 0.227. The van der Waals surface area contributed by atoms with Crippen LogP contribution in [0.25, 0.3) is 11.5 Å². The van der Waals surface area contributed by atoms with Crippen LogP contribution in [0.3, 0.4) is 0 Å². The Kier molecular flexibility index (Phi) is 4.81. The summed E-state index contributed by atoms with van der Waals surface area (Å²) in [5.74, 6) is 2.74. The summed E-state index contributed by atoms with van der Waals surface area (Å²) in [6.07, 6.45) is 3.73. The first-order valence-electron chi connectivity index (χ1n) is 10.1. The molecular formula is C22H21N7O3. The van der Waals surface area contributed by atoms with E-state index >= 15 is 0 Å². The van der Waals surface area contributed by atoms with Crippen LogP contribution in [0.2, 0.25) is 0 Å². The molecule has 1 aliphatic rings. The zero-order chi connectivity index (χ0) is 22.2. The Hall–Kier alpha value is -4.21. The van der Waals surface area contributed by atoms with E-state index in [2.05, 4.69) is 32.3 Å². The first kappa shape index (κ1) is 19.7. The molecule has 1 atom stereocenters. The van der Waals surface area contributed by atoms with Gasteiger partial charge in [0.2, 0.25) is 5.91 Å². The lowest BCUT2D eigenvalue weighted by atomic mass is 9.87. The van der Waals surface area contributed by atoms with Crippen molar-refractivity contribution in [2.45, 2.75) is 19.3 Å². The van der Waals surface area contributed by atoms with E-state index in [1.165, 1.54) is 0 Å². The molecule has 0 unspecified atom stereocenters. The molecule has 32 heavy (non-hydrogen) atoms. The minimum Gasteiger partial charge on any atom is -0.493 e. The molecule has 10 heteroatoms. The number of ether oxygens (including phenoxy) is 2. The zero-order valence-electron chi connectivity index (χ0n) is 17.6. The van der Waals surface area contributed by atoms with Crippen LogP contribution in [0.5, 0.6) is 11.5 Å². The second-order valence-electron chi connectivity index (χ2n) is 7.38. The highest BCUT2D eigenvalue weighted by Crippen LogP contribution is 2.40. The van der Waals surface area contributed by atoms with Crippen molar-refractivity contribution in [1.29, 1.82) is 0 Å². The molecule has 4 heterocycles. The van der Waals surface area contributed by atoms with E-state index in [9.17, 15) is 4.79 Å². The average molecular weight is 431 g/mol. The van der Waals surface area contributed by atoms with E-state index in [0.29, 0.717) is 47.6 Å². The zero-order valence-corrected chi connectivity index (χ0v) is 17.6. The average Bonchev–Trinajstić information content (AvgIpc) is 3.40. The maximum Gasteiger partial charge on any atom is 0.226 e. The van der Waals surface area contributed by atoms with Crippen molar-refractivity contribution in [2.24, 2.45) is 0 Å². The first-order valence-corrected chi connectivity index (χ1v) is 10.1. The summed E-state index contributed by atoms with van der Waals surface area (Å²) in [6, 6.07) is 9.29. The molecule has 0 saturated heterocycles. The highest BCUT2D eigenvalue weighted by molar-refractivity contribution is 5.94. The molecule has 0 fully saturated rings. The standard InChI is InChI=1S/C22H21N7O3/c1-4-9-32-17-6-5-14(10-18(17)31-3)15-11-21(30)24-22-16(15)12-23-29(22)20-8-7-19-26-25-13(2)28(19)27-20/h4-8,10,12,15H,1,9,11H2,2-3H3,(H,24,30)/t15-/m1/s1. The number of carbonyl (C=O) groups excluding carboxylic acids is 1. The largest absolute Gasteiger partial charge is 0.493 e. The van der Waals surface area contributed by atoms with E-state index in [-0.39, 0.29) is 11.8 Å². The summed E-state index contributed by atoms with van der Waals surface area (Å²) < 4.78 is 14.4. The SMILES string of the molecule is C=CCOc1ccc([C@H]2CC(=O)Nc3c2cnn3-c2ccc3nnc(C)n3n2)cc1OC. The minimum atomic E-state index is -0.185. The molecule has 0 radical (unpaired) electrons. The first-order chi connectivity index (χ1) is 15.6. The molecule has 0 bridgehead atoms. The number of nitrogens with zero attached hydrogens (tertiary/aromatic N) is 6. The van der Waals surface area contributed by atoms with Gasteiger partial charge >= 0.3 is 0 Å². The van der Waals surface area contributed by atoms with Gasteiger partial charge in [0.15, 0.2) is 28.8 Å². The third-order valence-corrected chi connectivity index (χ3v) is 5.39. The van der Waals surface area contributed by atoms with Gasteiger partial charge in [0.05, 0.1) is 13.3 Å². The highest BCUT2D eigenvalue weighted by atomic mass is 16.5. The summed E-state index contributed by atoms with van der Waals surface area (Å²) >= 11 is 0. The van der Waals surface area contributed by atoms with Crippen LogP contribution >= 0.6 is 0 Å². The maximum atomic E-state index is 12.6. The molecule has 10 nitrogen and oxygen atoms in total. The van der Waals surface area contributed by atoms with E-state index in [1.807, 2.05) is 31.2 Å². The van der Waals surface area contributed by atoms with E-state index in [4.69, 9.17) is 9.47 Å². The van der Waals surface area contributed by atoms with Gasteiger partial charge in [-0.1, -0.05) is 18.7 Å². The second kappa shape index (κ2) is 7.80. The Morgan fingerprint density at radius 3 is 2.94 bits per heavy atom. The molecule has 0 aliphatic carbocycles. The van der Waals surface area contributed by atoms with Gasteiger partial charge in [-0.05, 0) is 36.8 Å². The van der Waals surface area contributed by atoms with Gasteiger partial charge in [0.1, 0.15) is 12.4 Å². The predicted octanol–water partition coefficient (Wildman–Crippen LogP) is 2.67. The second-order valence-corrected chi connectivity index (χ2v) is 7.38. The molecule has 1 N–H and O–H groups in total. The van der Waals surface area contributed by atoms with Crippen molar-refractivity contribution in [3.8, 4) is 17.3 Å². The van der Waals surface area contributed by atoms with Gasteiger partial charge in [-0.15, -0.1) is 15.3 Å². The molecule has 0 spiro atoms. The molecule has 1 aliphatic heterocycles. The molecule has 1 aromatic carbocycles. The lowest BCUT2D eigenvalue weighted by Crippen LogP contribution is -2.25. The van der Waals surface area contributed by atoms with Gasteiger partial charge < -0.3 is 14.8 Å². The quantitative estimate of drug-likeness (QED) is 0.468. The summed E-state index contributed by atoms with van der Waals surface area (Å²) in [5, 5.41) is 20.1. The lowest BCUT2D eigenvalue weighted by Gasteiger charge is -2.24. The fourth-order valence-corrected chi connectivity index (χ4v) is 3.86. The number of aromatic nitrogens is 6. The molecule has 4 aromatic rings. The van der Waals surface area contributed by atoms with Crippen LogP contribution in [0.4, 0.5) is 5.82 Å². The van der Waals surface area contributed by atoms with Crippen molar-refractivity contribution in [2.75, 3.05) is 19.0 Å². The molecule has 5 rings (SSSR count). The molecule has 0 saturated carbocycles. The Morgan fingerprint density at radius 2 is 2.12 bits per heavy atom. The lowest BCUT2D eigenvalue weighted by molar-refractivity contribution is -0.116. The summed E-state index contributed by atoms with van der Waals surface area (Å²) in [6.45, 7) is 5.87. The summed E-state index contributed by atoms with van der Waals surface area (Å²) in [5.41, 5.74) is 2.47. The number of aryl methyl sites for hydroxylation is 1. The van der Waals surface area contributed by atoms with Gasteiger partial charge in [-0.25, -0.2) is 0 Å². The molecule has 3 aromatic heterocycles. The Bertz CT molecular complexity index is 1340. The van der Waals surface area contributed by atoms with Gasteiger partial charge in [0, 0.05) is 17.9 Å². The van der Waals surface area contributed by atoms with Crippen LogP contribution in [0, 0.1) is 6.92 Å². The third-order valence-electron chi connectivity index (χ3n) is 5.39. The van der Waals surface area contributed by atoms with E-state index < -0.39 is 0 Å². The van der Waals surface area contributed by atoms with E-state index in [0.717, 1.165) is 11.1 Å². The van der Waals surface area contributed by atoms with Crippen molar-refractivity contribution in [1.82, 2.24) is 29.6 Å². The van der Waals surface area contributed by atoms with E-state index in [1.54, 1.807) is 34.6 Å². The van der Waals surface area contributed by atoms with Crippen molar-refractivity contribution < 1.29 is 14.3 Å². The van der Waals surface area contributed by atoms with Crippen LogP contribution < -0.4 is 14.8 Å². The smallest absolute Gasteiger partial charge is 0.226 e. The number of rotatable bonds is 6. The highest BCUT2D eigenvalue weighted by Gasteiger charge is 2.31. The van der Waals surface area contributed by atoms with Crippen molar-refractivity contribution >= 4 is 17.4 Å². The molecular weight excluding hydrogens is 410 g/mol. The number of nitrogens with one attached hydrogen (secondary N) is 1. The van der Waals surface area contributed by atoms with Gasteiger partial charge in [-0.3, -0.25) is 4.79 Å². The predicted molar refractivity (Wildman–Crippen MR) is 116 cm³/mol. The number of benzene rings is 1. The van der Waals surface area contributed by atoms with Crippen LogP contribution in [0.1, 0.15) is 29.3 Å². The maximum absolute atomic E-state index is 12.6. The number of fused-ring (bicyclic) bond motifs is 2. The topological polar surface area (TPSA) is 108 Å². The number of amides is 1. The number of hydrogen-bond donors (Lipinski definition) is 1. The van der Waals surface area contributed by atoms with Gasteiger partial charge in [-0.2, -0.15) is 14.3 Å². The number of carbonyl (C=O) groups is 1. The van der Waals surface area contributed by atoms with Crippen LogP contribution in [-0.2, 0) is 4.79 Å². The Morgan fingerprint density at radius 1 is 1.25 bits per heavy atom. The molecule has 162 valence electrons. The van der Waals surface area contributed by atoms with Gasteiger partial charge in [0.25, 0.3) is 0 Å². The molecule has 1 amide bonds. The summed E-state index contributed by atoms with van der Waals surface area (Å²) in [4.78, 5) is 12.6. The van der Waals surface area contributed by atoms with Crippen molar-refractivity contribution in [3.63, 3.8) is 0 Å². The number of methoxy groups -OCH3 is 1. The minimum absolute atomic E-state index is 0.100. The number of hydrogen-bond acceptors (Lipinski definition) is 7. The van der Waals surface area contributed by atoms with Crippen LogP contribution in [0.15, 0.2) is 49.2 Å². The van der Waals surface area contributed by atoms with Crippen LogP contribution in [-0.4, -0.2) is 49.2 Å². The Balaban J connectivity index is 1.56. The number of anilines is 1. The normalized spacial score (nSPS) is 15.3.